The predicted octanol–water partition coefficient (Wildman–Crippen LogP) is 1.75. The molecule has 0 saturated heterocycles. The monoisotopic (exact) mass is 180 g/mol. The van der Waals surface area contributed by atoms with Crippen molar-refractivity contribution in [2.45, 2.75) is 39.2 Å². The van der Waals surface area contributed by atoms with Crippen LogP contribution in [-0.4, -0.2) is 11.5 Å². The molecule has 72 valence electrons. The van der Waals surface area contributed by atoms with Crippen molar-refractivity contribution < 1.29 is 4.42 Å². The van der Waals surface area contributed by atoms with Crippen molar-refractivity contribution in [3.63, 3.8) is 0 Å². The van der Waals surface area contributed by atoms with Gasteiger partial charge in [-0.1, -0.05) is 13.8 Å². The maximum atomic E-state index is 5.65. The van der Waals surface area contributed by atoms with Crippen molar-refractivity contribution in [3.05, 3.63) is 17.3 Å². The van der Waals surface area contributed by atoms with E-state index in [0.29, 0.717) is 0 Å². The van der Waals surface area contributed by atoms with Crippen LogP contribution in [0.4, 0.5) is 0 Å². The third kappa shape index (κ3) is 1.48. The summed E-state index contributed by atoms with van der Waals surface area (Å²) in [6.45, 7) is 8.21. The molecular weight excluding hydrogens is 164 g/mol. The maximum absolute atomic E-state index is 5.65. The fourth-order valence-electron chi connectivity index (χ4n) is 1.84. The molecule has 1 aliphatic rings. The van der Waals surface area contributed by atoms with Crippen LogP contribution in [0, 0.1) is 6.92 Å². The zero-order valence-corrected chi connectivity index (χ0v) is 8.48. The van der Waals surface area contributed by atoms with Gasteiger partial charge in [-0.2, -0.15) is 0 Å². The molecule has 1 aliphatic heterocycles. The molecule has 0 unspecified atom stereocenters. The van der Waals surface area contributed by atoms with Gasteiger partial charge in [-0.15, -0.1) is 0 Å². The number of rotatable bonds is 0. The Kier molecular flexibility index (Phi) is 1.91. The second-order valence-electron chi connectivity index (χ2n) is 4.32. The van der Waals surface area contributed by atoms with E-state index in [-0.39, 0.29) is 5.41 Å². The third-order valence-corrected chi connectivity index (χ3v) is 2.64. The summed E-state index contributed by atoms with van der Waals surface area (Å²) in [7, 11) is 0. The fraction of sp³-hybridized carbons (Fsp3) is 0.700. The summed E-state index contributed by atoms with van der Waals surface area (Å²) in [5, 5.41) is 3.35. The minimum atomic E-state index is 0.125. The molecule has 2 heterocycles. The summed E-state index contributed by atoms with van der Waals surface area (Å²) in [4.78, 5) is 4.38. The van der Waals surface area contributed by atoms with Gasteiger partial charge in [0.2, 0.25) is 0 Å². The molecule has 0 amide bonds. The molecule has 3 heteroatoms. The van der Waals surface area contributed by atoms with Crippen LogP contribution in [-0.2, 0) is 12.0 Å². The van der Waals surface area contributed by atoms with Crippen LogP contribution in [0.3, 0.4) is 0 Å². The van der Waals surface area contributed by atoms with Crippen LogP contribution in [0.15, 0.2) is 4.42 Å². The Morgan fingerprint density at radius 1 is 1.46 bits per heavy atom. The van der Waals surface area contributed by atoms with Crippen LogP contribution in [0.5, 0.6) is 0 Å². The van der Waals surface area contributed by atoms with Gasteiger partial charge in [-0.05, 0) is 13.0 Å². The number of hydrogen-bond acceptors (Lipinski definition) is 3. The highest BCUT2D eigenvalue weighted by Gasteiger charge is 2.30. The van der Waals surface area contributed by atoms with Gasteiger partial charge < -0.3 is 9.73 Å². The number of aryl methyl sites for hydroxylation is 1. The van der Waals surface area contributed by atoms with Gasteiger partial charge in [0.15, 0.2) is 5.89 Å². The lowest BCUT2D eigenvalue weighted by Crippen LogP contribution is -2.20. The van der Waals surface area contributed by atoms with E-state index in [1.807, 2.05) is 6.92 Å². The molecule has 0 aromatic carbocycles. The van der Waals surface area contributed by atoms with Gasteiger partial charge in [0, 0.05) is 18.9 Å². The number of fused-ring (bicyclic) bond motifs is 1. The molecule has 0 atom stereocenters. The molecule has 1 aromatic heterocycles. The number of oxazole rings is 1. The van der Waals surface area contributed by atoms with Gasteiger partial charge in [0.1, 0.15) is 5.76 Å². The van der Waals surface area contributed by atoms with Crippen molar-refractivity contribution in [3.8, 4) is 0 Å². The molecule has 0 spiro atoms. The molecule has 13 heavy (non-hydrogen) atoms. The van der Waals surface area contributed by atoms with Crippen molar-refractivity contribution in [1.29, 1.82) is 0 Å². The standard InChI is InChI=1S/C10H16N2O/c1-7-12-8-6-11-5-4-10(2,3)9(8)13-7/h11H,4-6H2,1-3H3. The smallest absolute Gasteiger partial charge is 0.191 e. The normalized spacial score (nSPS) is 20.8. The highest BCUT2D eigenvalue weighted by molar-refractivity contribution is 5.20. The van der Waals surface area contributed by atoms with Crippen LogP contribution in [0.25, 0.3) is 0 Å². The number of hydrogen-bond donors (Lipinski definition) is 1. The van der Waals surface area contributed by atoms with Crippen molar-refractivity contribution in [1.82, 2.24) is 10.3 Å². The Balaban J connectivity index is 2.47. The summed E-state index contributed by atoms with van der Waals surface area (Å²) in [5.41, 5.74) is 1.21. The molecule has 0 radical (unpaired) electrons. The summed E-state index contributed by atoms with van der Waals surface area (Å²) >= 11 is 0. The average molecular weight is 180 g/mol. The second-order valence-corrected chi connectivity index (χ2v) is 4.32. The number of nitrogens with one attached hydrogen (secondary N) is 1. The van der Waals surface area contributed by atoms with Crippen LogP contribution in [0.1, 0.15) is 37.6 Å². The summed E-state index contributed by atoms with van der Waals surface area (Å²) in [6, 6.07) is 0. The van der Waals surface area contributed by atoms with Gasteiger partial charge in [-0.3, -0.25) is 0 Å². The molecule has 0 aliphatic carbocycles. The summed E-state index contributed by atoms with van der Waals surface area (Å²) in [6.07, 6.45) is 1.11. The quantitative estimate of drug-likeness (QED) is 0.661. The Morgan fingerprint density at radius 3 is 3.00 bits per heavy atom. The Hall–Kier alpha value is -0.830. The maximum Gasteiger partial charge on any atom is 0.191 e. The van der Waals surface area contributed by atoms with E-state index < -0.39 is 0 Å². The molecule has 0 fully saturated rings. The summed E-state index contributed by atoms with van der Waals surface area (Å²) in [5.74, 6) is 1.84. The second kappa shape index (κ2) is 2.84. The van der Waals surface area contributed by atoms with E-state index in [1.54, 1.807) is 0 Å². The minimum Gasteiger partial charge on any atom is -0.445 e. The van der Waals surface area contributed by atoms with E-state index in [4.69, 9.17) is 4.42 Å². The Bertz CT molecular complexity index is 315. The Morgan fingerprint density at radius 2 is 2.23 bits per heavy atom. The molecule has 3 nitrogen and oxygen atoms in total. The highest BCUT2D eigenvalue weighted by Crippen LogP contribution is 2.31. The molecule has 1 aromatic rings. The van der Waals surface area contributed by atoms with Crippen molar-refractivity contribution >= 4 is 0 Å². The van der Waals surface area contributed by atoms with E-state index in [9.17, 15) is 0 Å². The van der Waals surface area contributed by atoms with Gasteiger partial charge in [-0.25, -0.2) is 4.98 Å². The third-order valence-electron chi connectivity index (χ3n) is 2.64. The Labute approximate surface area is 78.5 Å². The first kappa shape index (κ1) is 8.75. The lowest BCUT2D eigenvalue weighted by Gasteiger charge is -2.19. The predicted molar refractivity (Wildman–Crippen MR) is 50.6 cm³/mol. The highest BCUT2D eigenvalue weighted by atomic mass is 16.4. The first-order chi connectivity index (χ1) is 6.09. The SMILES string of the molecule is Cc1nc2c(o1)C(C)(C)CCNC2. The zero-order chi connectivity index (χ0) is 9.47. The largest absolute Gasteiger partial charge is 0.445 e. The van der Waals surface area contributed by atoms with E-state index in [0.717, 1.165) is 36.9 Å². The average Bonchev–Trinajstić information content (AvgIpc) is 2.36. The number of nitrogens with zero attached hydrogens (tertiary/aromatic N) is 1. The van der Waals surface area contributed by atoms with Gasteiger partial charge in [0.05, 0.1) is 5.69 Å². The zero-order valence-electron chi connectivity index (χ0n) is 8.48. The van der Waals surface area contributed by atoms with Crippen LogP contribution < -0.4 is 5.32 Å². The first-order valence-electron chi connectivity index (χ1n) is 4.77. The van der Waals surface area contributed by atoms with E-state index in [1.165, 1.54) is 0 Å². The molecule has 0 saturated carbocycles. The van der Waals surface area contributed by atoms with Crippen LogP contribution in [0.2, 0.25) is 0 Å². The molecule has 0 bridgehead atoms. The lowest BCUT2D eigenvalue weighted by atomic mass is 9.86. The topological polar surface area (TPSA) is 38.1 Å². The van der Waals surface area contributed by atoms with E-state index in [2.05, 4.69) is 24.1 Å². The molecule has 2 rings (SSSR count). The number of aromatic nitrogens is 1. The molecule has 1 N–H and O–H groups in total. The van der Waals surface area contributed by atoms with Crippen LogP contribution >= 0.6 is 0 Å². The molecular formula is C10H16N2O. The van der Waals surface area contributed by atoms with Crippen molar-refractivity contribution in [2.24, 2.45) is 0 Å². The van der Waals surface area contributed by atoms with Gasteiger partial charge in [0.25, 0.3) is 0 Å². The van der Waals surface area contributed by atoms with E-state index >= 15 is 0 Å². The first-order valence-corrected chi connectivity index (χ1v) is 4.77. The fourth-order valence-corrected chi connectivity index (χ4v) is 1.84. The van der Waals surface area contributed by atoms with Crippen molar-refractivity contribution in [2.75, 3.05) is 6.54 Å². The lowest BCUT2D eigenvalue weighted by molar-refractivity contribution is 0.356. The van der Waals surface area contributed by atoms with Gasteiger partial charge >= 0.3 is 0 Å². The minimum absolute atomic E-state index is 0.125. The summed E-state index contributed by atoms with van der Waals surface area (Å²) < 4.78 is 5.65.